The molecule has 2 rings (SSSR count). The fraction of sp³-hybridized carbons (Fsp3) is 0.438. The maximum atomic E-state index is 13.4. The Hall–Kier alpha value is -1.15. The predicted molar refractivity (Wildman–Crippen MR) is 75.8 cm³/mol. The second kappa shape index (κ2) is 5.46. The van der Waals surface area contributed by atoms with E-state index in [1.807, 2.05) is 6.07 Å². The van der Waals surface area contributed by atoms with E-state index in [-0.39, 0.29) is 10.4 Å². The molecule has 0 radical (unpaired) electrons. The molecule has 0 bridgehead atoms. The SMILES string of the molecule is CC1(C)CCC(C=O)=C(Cc2ccc(Cl)c(F)c2)C1. The summed E-state index contributed by atoms with van der Waals surface area (Å²) in [5.41, 5.74) is 3.10. The zero-order valence-corrected chi connectivity index (χ0v) is 12.1. The molecule has 1 aliphatic rings. The molecule has 102 valence electrons. The summed E-state index contributed by atoms with van der Waals surface area (Å²) >= 11 is 5.68. The molecule has 1 aliphatic carbocycles. The quantitative estimate of drug-likeness (QED) is 0.732. The monoisotopic (exact) mass is 280 g/mol. The molecular weight excluding hydrogens is 263 g/mol. The van der Waals surface area contributed by atoms with Gasteiger partial charge in [0.2, 0.25) is 0 Å². The van der Waals surface area contributed by atoms with Crippen LogP contribution in [0.4, 0.5) is 4.39 Å². The topological polar surface area (TPSA) is 17.1 Å². The average molecular weight is 281 g/mol. The number of hydrogen-bond donors (Lipinski definition) is 0. The first kappa shape index (κ1) is 14.3. The van der Waals surface area contributed by atoms with E-state index >= 15 is 0 Å². The van der Waals surface area contributed by atoms with Crippen molar-refractivity contribution in [2.24, 2.45) is 5.41 Å². The van der Waals surface area contributed by atoms with Crippen LogP contribution in [-0.2, 0) is 11.2 Å². The van der Waals surface area contributed by atoms with Crippen molar-refractivity contribution in [1.29, 1.82) is 0 Å². The van der Waals surface area contributed by atoms with Gasteiger partial charge < -0.3 is 0 Å². The Balaban J connectivity index is 2.26. The molecule has 0 fully saturated rings. The lowest BCUT2D eigenvalue weighted by Gasteiger charge is -2.32. The van der Waals surface area contributed by atoms with Crippen LogP contribution < -0.4 is 0 Å². The molecule has 3 heteroatoms. The Labute approximate surface area is 118 Å². The van der Waals surface area contributed by atoms with Crippen LogP contribution in [0.3, 0.4) is 0 Å². The molecule has 0 N–H and O–H groups in total. The van der Waals surface area contributed by atoms with Crippen molar-refractivity contribution in [3.8, 4) is 0 Å². The average Bonchev–Trinajstić information content (AvgIpc) is 2.33. The van der Waals surface area contributed by atoms with Gasteiger partial charge in [0.25, 0.3) is 0 Å². The van der Waals surface area contributed by atoms with Gasteiger partial charge in [-0.1, -0.05) is 37.1 Å². The van der Waals surface area contributed by atoms with Crippen LogP contribution in [-0.4, -0.2) is 6.29 Å². The van der Waals surface area contributed by atoms with Crippen molar-refractivity contribution in [1.82, 2.24) is 0 Å². The number of rotatable bonds is 3. The second-order valence-corrected chi connectivity index (χ2v) is 6.42. The van der Waals surface area contributed by atoms with Gasteiger partial charge >= 0.3 is 0 Å². The van der Waals surface area contributed by atoms with Gasteiger partial charge in [-0.3, -0.25) is 4.79 Å². The highest BCUT2D eigenvalue weighted by Gasteiger charge is 2.26. The van der Waals surface area contributed by atoms with Crippen LogP contribution in [0.5, 0.6) is 0 Å². The Kier molecular flexibility index (Phi) is 4.10. The molecule has 0 saturated heterocycles. The molecule has 19 heavy (non-hydrogen) atoms. The van der Waals surface area contributed by atoms with E-state index in [1.54, 1.807) is 6.07 Å². The van der Waals surface area contributed by atoms with E-state index in [9.17, 15) is 9.18 Å². The summed E-state index contributed by atoms with van der Waals surface area (Å²) in [7, 11) is 0. The van der Waals surface area contributed by atoms with Crippen LogP contribution in [0.15, 0.2) is 29.3 Å². The summed E-state index contributed by atoms with van der Waals surface area (Å²) < 4.78 is 13.4. The molecule has 1 aromatic carbocycles. The summed E-state index contributed by atoms with van der Waals surface area (Å²) in [5.74, 6) is -0.400. The number of aldehydes is 1. The highest BCUT2D eigenvalue weighted by molar-refractivity contribution is 6.30. The van der Waals surface area contributed by atoms with Crippen LogP contribution in [0, 0.1) is 11.2 Å². The summed E-state index contributed by atoms with van der Waals surface area (Å²) in [6, 6.07) is 4.85. The minimum absolute atomic E-state index is 0.136. The number of benzene rings is 1. The molecule has 0 atom stereocenters. The van der Waals surface area contributed by atoms with Crippen LogP contribution in [0.2, 0.25) is 5.02 Å². The summed E-state index contributed by atoms with van der Waals surface area (Å²) in [4.78, 5) is 11.1. The van der Waals surface area contributed by atoms with Crippen molar-refractivity contribution in [3.63, 3.8) is 0 Å². The van der Waals surface area contributed by atoms with Crippen molar-refractivity contribution in [3.05, 3.63) is 45.7 Å². The fourth-order valence-electron chi connectivity index (χ4n) is 2.64. The molecule has 0 aromatic heterocycles. The Morgan fingerprint density at radius 1 is 1.42 bits per heavy atom. The molecule has 0 amide bonds. The zero-order chi connectivity index (χ0) is 14.0. The second-order valence-electron chi connectivity index (χ2n) is 6.01. The van der Waals surface area contributed by atoms with Crippen molar-refractivity contribution >= 4 is 17.9 Å². The number of halogens is 2. The first-order chi connectivity index (χ1) is 8.91. The minimum atomic E-state index is -0.400. The zero-order valence-electron chi connectivity index (χ0n) is 11.3. The van der Waals surface area contributed by atoms with Crippen LogP contribution in [0.1, 0.15) is 38.7 Å². The first-order valence-electron chi connectivity index (χ1n) is 6.51. The third kappa shape index (κ3) is 3.44. The van der Waals surface area contributed by atoms with Gasteiger partial charge in [0, 0.05) is 0 Å². The van der Waals surface area contributed by atoms with E-state index in [1.165, 1.54) is 6.07 Å². The lowest BCUT2D eigenvalue weighted by atomic mass is 9.73. The number of carbonyl (C=O) groups is 1. The van der Waals surface area contributed by atoms with Gasteiger partial charge in [-0.15, -0.1) is 0 Å². The lowest BCUT2D eigenvalue weighted by molar-refractivity contribution is -0.105. The Morgan fingerprint density at radius 2 is 2.16 bits per heavy atom. The third-order valence-corrected chi connectivity index (χ3v) is 4.07. The minimum Gasteiger partial charge on any atom is -0.298 e. The molecule has 1 aromatic rings. The molecule has 0 heterocycles. The van der Waals surface area contributed by atoms with E-state index in [0.717, 1.165) is 42.3 Å². The maximum Gasteiger partial charge on any atom is 0.145 e. The molecule has 0 saturated carbocycles. The largest absolute Gasteiger partial charge is 0.298 e. The molecule has 1 nitrogen and oxygen atoms in total. The van der Waals surface area contributed by atoms with Gasteiger partial charge in [0.15, 0.2) is 0 Å². The van der Waals surface area contributed by atoms with Crippen LogP contribution >= 0.6 is 11.6 Å². The first-order valence-corrected chi connectivity index (χ1v) is 6.89. The normalized spacial score (nSPS) is 18.5. The van der Waals surface area contributed by atoms with E-state index < -0.39 is 5.82 Å². The maximum absolute atomic E-state index is 13.4. The molecule has 0 aliphatic heterocycles. The lowest BCUT2D eigenvalue weighted by Crippen LogP contribution is -2.20. The van der Waals surface area contributed by atoms with Gasteiger partial charge in [-0.25, -0.2) is 4.39 Å². The summed E-state index contributed by atoms with van der Waals surface area (Å²) in [5, 5.41) is 0.136. The van der Waals surface area contributed by atoms with Gasteiger partial charge in [-0.05, 0) is 54.4 Å². The Bertz CT molecular complexity index is 532. The number of allylic oxidation sites excluding steroid dienone is 2. The smallest absolute Gasteiger partial charge is 0.145 e. The van der Waals surface area contributed by atoms with Crippen molar-refractivity contribution < 1.29 is 9.18 Å². The highest BCUT2D eigenvalue weighted by atomic mass is 35.5. The molecular formula is C16H18ClFO. The van der Waals surface area contributed by atoms with E-state index in [0.29, 0.717) is 6.42 Å². The molecule has 0 spiro atoms. The standard InChI is InChI=1S/C16H18ClFO/c1-16(2)6-5-12(10-19)13(9-16)7-11-3-4-14(17)15(18)8-11/h3-4,8,10H,5-7,9H2,1-2H3. The summed E-state index contributed by atoms with van der Waals surface area (Å²) in [6.07, 6.45) is 4.33. The fourth-order valence-corrected chi connectivity index (χ4v) is 2.76. The van der Waals surface area contributed by atoms with Crippen molar-refractivity contribution in [2.45, 2.75) is 39.5 Å². The third-order valence-electron chi connectivity index (χ3n) is 3.76. The molecule has 0 unspecified atom stereocenters. The van der Waals surface area contributed by atoms with E-state index in [4.69, 9.17) is 11.6 Å². The van der Waals surface area contributed by atoms with Gasteiger partial charge in [0.05, 0.1) is 5.02 Å². The highest BCUT2D eigenvalue weighted by Crippen LogP contribution is 2.39. The number of carbonyl (C=O) groups excluding carboxylic acids is 1. The van der Waals surface area contributed by atoms with Crippen LogP contribution in [0.25, 0.3) is 0 Å². The number of hydrogen-bond acceptors (Lipinski definition) is 1. The van der Waals surface area contributed by atoms with E-state index in [2.05, 4.69) is 13.8 Å². The van der Waals surface area contributed by atoms with Gasteiger partial charge in [-0.2, -0.15) is 0 Å². The predicted octanol–water partition coefficient (Wildman–Crippen LogP) is 4.73. The Morgan fingerprint density at radius 3 is 2.79 bits per heavy atom. The van der Waals surface area contributed by atoms with Crippen molar-refractivity contribution in [2.75, 3.05) is 0 Å². The van der Waals surface area contributed by atoms with Gasteiger partial charge in [0.1, 0.15) is 12.1 Å². The summed E-state index contributed by atoms with van der Waals surface area (Å²) in [6.45, 7) is 4.41.